The Hall–Kier alpha value is -3.92. The number of aromatic nitrogens is 2. The fourth-order valence-electron chi connectivity index (χ4n) is 6.35. The SMILES string of the molecule is CC(C)=CCC[C@@]1(C)Oc2c(c3nc4ccccc4nc3c3ccccc23)[C@@H]2c3ccccc3OC[C@@H]21. The molecule has 2 aliphatic heterocycles. The second kappa shape index (κ2) is 8.31. The van der Waals surface area contributed by atoms with Gasteiger partial charge in [0, 0.05) is 33.7 Å². The Bertz CT molecular complexity index is 1720. The smallest absolute Gasteiger partial charge is 0.134 e. The topological polar surface area (TPSA) is 44.2 Å². The molecule has 5 aromatic rings. The maximum absolute atomic E-state index is 7.14. The Labute approximate surface area is 217 Å². The Morgan fingerprint density at radius 3 is 2.35 bits per heavy atom. The van der Waals surface area contributed by atoms with Crippen molar-refractivity contribution in [1.82, 2.24) is 9.97 Å². The van der Waals surface area contributed by atoms with Gasteiger partial charge in [-0.2, -0.15) is 0 Å². The molecule has 0 saturated carbocycles. The zero-order chi connectivity index (χ0) is 25.1. The first-order chi connectivity index (χ1) is 18.0. The van der Waals surface area contributed by atoms with Crippen LogP contribution in [0.25, 0.3) is 32.8 Å². The highest BCUT2D eigenvalue weighted by Crippen LogP contribution is 2.57. The summed E-state index contributed by atoms with van der Waals surface area (Å²) in [6.45, 7) is 7.20. The van der Waals surface area contributed by atoms with Crippen LogP contribution in [-0.2, 0) is 0 Å². The quantitative estimate of drug-likeness (QED) is 0.147. The number of hydrogen-bond acceptors (Lipinski definition) is 4. The van der Waals surface area contributed by atoms with E-state index in [1.165, 1.54) is 11.1 Å². The normalized spacial score (nSPS) is 22.0. The molecule has 4 aromatic carbocycles. The summed E-state index contributed by atoms with van der Waals surface area (Å²) < 4.78 is 13.5. The predicted octanol–water partition coefficient (Wildman–Crippen LogP) is 7.97. The second-order valence-electron chi connectivity index (χ2n) is 10.9. The van der Waals surface area contributed by atoms with Gasteiger partial charge in [-0.25, -0.2) is 9.97 Å². The van der Waals surface area contributed by atoms with Crippen molar-refractivity contribution in [2.45, 2.75) is 45.1 Å². The van der Waals surface area contributed by atoms with E-state index >= 15 is 0 Å². The van der Waals surface area contributed by atoms with E-state index in [-0.39, 0.29) is 11.8 Å². The molecule has 0 aliphatic carbocycles. The summed E-state index contributed by atoms with van der Waals surface area (Å²) in [5.74, 6) is 2.16. The monoisotopic (exact) mass is 486 g/mol. The van der Waals surface area contributed by atoms with Gasteiger partial charge in [-0.3, -0.25) is 0 Å². The van der Waals surface area contributed by atoms with Crippen LogP contribution >= 0.6 is 0 Å². The van der Waals surface area contributed by atoms with Gasteiger partial charge < -0.3 is 9.47 Å². The third-order valence-electron chi connectivity index (χ3n) is 8.20. The lowest BCUT2D eigenvalue weighted by molar-refractivity contribution is -0.0315. The van der Waals surface area contributed by atoms with Crippen LogP contribution in [0.3, 0.4) is 0 Å². The Morgan fingerprint density at radius 2 is 1.57 bits per heavy atom. The molecular formula is C33H30N2O2. The van der Waals surface area contributed by atoms with E-state index in [0.29, 0.717) is 6.61 Å². The van der Waals surface area contributed by atoms with Gasteiger partial charge in [0.1, 0.15) is 17.1 Å². The third-order valence-corrected chi connectivity index (χ3v) is 8.20. The summed E-state index contributed by atoms with van der Waals surface area (Å²) >= 11 is 0. The van der Waals surface area contributed by atoms with E-state index in [2.05, 4.69) is 75.4 Å². The standard InChI is InChI=1S/C33H30N2O2/c1-20(2)11-10-18-33(3)24-19-36-27-17-9-6-14-23(27)28(24)29-31-30(34-25-15-7-8-16-26(25)35-31)21-12-4-5-13-22(21)32(29)37-33/h4-9,11-17,24,28H,10,18-19H2,1-3H3/t24-,28+,33+/m0/s1. The molecule has 4 nitrogen and oxygen atoms in total. The highest BCUT2D eigenvalue weighted by atomic mass is 16.5. The first-order valence-corrected chi connectivity index (χ1v) is 13.2. The van der Waals surface area contributed by atoms with Gasteiger partial charge in [0.05, 0.1) is 28.7 Å². The zero-order valence-corrected chi connectivity index (χ0v) is 21.5. The van der Waals surface area contributed by atoms with Crippen LogP contribution in [0, 0.1) is 5.92 Å². The molecule has 0 radical (unpaired) electrons. The molecule has 3 atom stereocenters. The molecule has 2 aliphatic rings. The van der Waals surface area contributed by atoms with Crippen LogP contribution in [-0.4, -0.2) is 22.2 Å². The Balaban J connectivity index is 1.58. The van der Waals surface area contributed by atoms with Crippen molar-refractivity contribution >= 4 is 32.8 Å². The van der Waals surface area contributed by atoms with Crippen molar-refractivity contribution in [3.8, 4) is 11.5 Å². The summed E-state index contributed by atoms with van der Waals surface area (Å²) in [7, 11) is 0. The molecule has 0 unspecified atom stereocenters. The van der Waals surface area contributed by atoms with Crippen molar-refractivity contribution < 1.29 is 9.47 Å². The van der Waals surface area contributed by atoms with Crippen molar-refractivity contribution in [3.63, 3.8) is 0 Å². The summed E-state index contributed by atoms with van der Waals surface area (Å²) in [4.78, 5) is 10.4. The number of hydrogen-bond donors (Lipinski definition) is 0. The van der Waals surface area contributed by atoms with E-state index in [0.717, 1.165) is 62.7 Å². The molecule has 37 heavy (non-hydrogen) atoms. The van der Waals surface area contributed by atoms with Crippen molar-refractivity contribution in [2.75, 3.05) is 6.61 Å². The van der Waals surface area contributed by atoms with Gasteiger partial charge in [0.25, 0.3) is 0 Å². The summed E-state index contributed by atoms with van der Waals surface area (Å²) in [5, 5.41) is 2.19. The minimum atomic E-state index is -0.391. The lowest BCUT2D eigenvalue weighted by atomic mass is 9.67. The van der Waals surface area contributed by atoms with E-state index < -0.39 is 5.60 Å². The summed E-state index contributed by atoms with van der Waals surface area (Å²) in [6, 6.07) is 25.1. The Morgan fingerprint density at radius 1 is 0.892 bits per heavy atom. The van der Waals surface area contributed by atoms with Gasteiger partial charge in [-0.05, 0) is 51.8 Å². The molecule has 0 saturated heterocycles. The lowest BCUT2D eigenvalue weighted by Crippen LogP contribution is -2.51. The number of benzene rings is 4. The van der Waals surface area contributed by atoms with Crippen molar-refractivity contribution in [1.29, 1.82) is 0 Å². The van der Waals surface area contributed by atoms with Gasteiger partial charge in [0.2, 0.25) is 0 Å². The van der Waals surface area contributed by atoms with Gasteiger partial charge >= 0.3 is 0 Å². The zero-order valence-electron chi connectivity index (χ0n) is 21.5. The van der Waals surface area contributed by atoms with Crippen LogP contribution < -0.4 is 9.47 Å². The lowest BCUT2D eigenvalue weighted by Gasteiger charge is -2.49. The Kier molecular flexibility index (Phi) is 5.00. The minimum absolute atomic E-state index is 0.105. The van der Waals surface area contributed by atoms with E-state index in [1.54, 1.807) is 0 Å². The van der Waals surface area contributed by atoms with Crippen LogP contribution in [0.4, 0.5) is 0 Å². The van der Waals surface area contributed by atoms with E-state index in [9.17, 15) is 0 Å². The van der Waals surface area contributed by atoms with Crippen molar-refractivity contribution in [3.05, 3.63) is 95.6 Å². The average Bonchev–Trinajstić information content (AvgIpc) is 2.92. The number of allylic oxidation sites excluding steroid dienone is 2. The third kappa shape index (κ3) is 3.42. The van der Waals surface area contributed by atoms with Crippen LogP contribution in [0.2, 0.25) is 0 Å². The van der Waals surface area contributed by atoms with Crippen molar-refractivity contribution in [2.24, 2.45) is 5.92 Å². The molecule has 0 amide bonds. The number of ether oxygens (including phenoxy) is 2. The molecule has 0 fully saturated rings. The molecule has 184 valence electrons. The summed E-state index contributed by atoms with van der Waals surface area (Å²) in [6.07, 6.45) is 4.20. The van der Waals surface area contributed by atoms with Gasteiger partial charge in [-0.1, -0.05) is 66.2 Å². The first kappa shape index (κ1) is 22.3. The van der Waals surface area contributed by atoms with Crippen LogP contribution in [0.1, 0.15) is 50.7 Å². The first-order valence-electron chi connectivity index (χ1n) is 13.2. The summed E-state index contributed by atoms with van der Waals surface area (Å²) in [5.41, 5.74) is 6.99. The molecular weight excluding hydrogens is 456 g/mol. The van der Waals surface area contributed by atoms with Crippen LogP contribution in [0.15, 0.2) is 84.4 Å². The molecule has 0 bridgehead atoms. The number of fused-ring (bicyclic) bond motifs is 11. The molecule has 1 aromatic heterocycles. The molecule has 4 heteroatoms. The number of para-hydroxylation sites is 3. The predicted molar refractivity (Wildman–Crippen MR) is 150 cm³/mol. The molecule has 0 spiro atoms. The molecule has 7 rings (SSSR count). The maximum Gasteiger partial charge on any atom is 0.134 e. The number of rotatable bonds is 3. The fourth-order valence-corrected chi connectivity index (χ4v) is 6.35. The highest BCUT2D eigenvalue weighted by molar-refractivity contribution is 6.11. The minimum Gasteiger partial charge on any atom is -0.493 e. The number of nitrogens with zero attached hydrogens (tertiary/aromatic N) is 2. The fraction of sp³-hybridized carbons (Fsp3) is 0.273. The van der Waals surface area contributed by atoms with E-state index in [1.807, 2.05) is 24.3 Å². The highest BCUT2D eigenvalue weighted by Gasteiger charge is 2.51. The van der Waals surface area contributed by atoms with E-state index in [4.69, 9.17) is 19.4 Å². The average molecular weight is 487 g/mol. The largest absolute Gasteiger partial charge is 0.493 e. The second-order valence-corrected chi connectivity index (χ2v) is 10.9. The molecule has 0 N–H and O–H groups in total. The van der Waals surface area contributed by atoms with Crippen LogP contribution in [0.5, 0.6) is 11.5 Å². The van der Waals surface area contributed by atoms with Gasteiger partial charge in [0.15, 0.2) is 0 Å². The van der Waals surface area contributed by atoms with Gasteiger partial charge in [-0.15, -0.1) is 0 Å². The maximum atomic E-state index is 7.14. The molecule has 3 heterocycles.